The molecular formula is C26H29N3O4. The zero-order valence-corrected chi connectivity index (χ0v) is 19.1. The molecule has 0 radical (unpaired) electrons. The van der Waals surface area contributed by atoms with Gasteiger partial charge in [-0.3, -0.25) is 4.79 Å². The molecule has 0 amide bonds. The van der Waals surface area contributed by atoms with Crippen molar-refractivity contribution in [3.8, 4) is 6.07 Å². The van der Waals surface area contributed by atoms with Gasteiger partial charge in [0, 0.05) is 19.6 Å². The molecule has 1 aromatic carbocycles. The number of imidazole rings is 1. The lowest BCUT2D eigenvalue weighted by atomic mass is 9.75. The number of nitrogens with zero attached hydrogens (tertiary/aromatic N) is 2. The largest absolute Gasteiger partial charge is 0.381 e. The lowest BCUT2D eigenvalue weighted by molar-refractivity contribution is -0.191. The molecule has 0 unspecified atom stereocenters. The highest BCUT2D eigenvalue weighted by Crippen LogP contribution is 2.40. The molecule has 1 N–H and O–H groups in total. The SMILES string of the molecule is CC1(C)CC=C(c2cc(C3CCOCC3)ccc2CC(=O)c2ncc(C#N)[nH]2)CC1.O=C=O. The number of aromatic amines is 1. The van der Waals surface area contributed by atoms with E-state index in [-0.39, 0.29) is 24.2 Å². The molecule has 0 spiro atoms. The van der Waals surface area contributed by atoms with E-state index in [1.165, 1.54) is 22.9 Å². The van der Waals surface area contributed by atoms with Crippen LogP contribution >= 0.6 is 0 Å². The molecule has 0 saturated carbocycles. The molecule has 1 aromatic heterocycles. The van der Waals surface area contributed by atoms with Crippen molar-refractivity contribution >= 4 is 17.5 Å². The number of nitrogens with one attached hydrogen (secondary N) is 1. The molecule has 4 rings (SSSR count). The third kappa shape index (κ3) is 6.35. The molecule has 1 saturated heterocycles. The van der Waals surface area contributed by atoms with E-state index < -0.39 is 0 Å². The number of carbonyl (C=O) groups excluding carboxylic acids is 3. The Bertz CT molecular complexity index is 1090. The number of ether oxygens (including phenoxy) is 1. The molecule has 2 aromatic rings. The third-order valence-electron chi connectivity index (χ3n) is 6.46. The van der Waals surface area contributed by atoms with Crippen LogP contribution in [-0.4, -0.2) is 35.1 Å². The maximum absolute atomic E-state index is 12.8. The van der Waals surface area contributed by atoms with Gasteiger partial charge in [-0.15, -0.1) is 0 Å². The summed E-state index contributed by atoms with van der Waals surface area (Å²) in [6, 6.07) is 8.60. The zero-order chi connectivity index (χ0) is 23.8. The summed E-state index contributed by atoms with van der Waals surface area (Å²) in [6.07, 6.45) is 9.64. The van der Waals surface area contributed by atoms with Crippen molar-refractivity contribution in [1.82, 2.24) is 9.97 Å². The summed E-state index contributed by atoms with van der Waals surface area (Å²) in [4.78, 5) is 36.0. The number of nitriles is 1. The molecule has 33 heavy (non-hydrogen) atoms. The summed E-state index contributed by atoms with van der Waals surface area (Å²) in [6.45, 7) is 6.26. The number of carbonyl (C=O) groups is 1. The molecule has 7 heteroatoms. The quantitative estimate of drug-likeness (QED) is 0.670. The Balaban J connectivity index is 0.000000968. The molecule has 1 aliphatic heterocycles. The van der Waals surface area contributed by atoms with Crippen molar-refractivity contribution in [3.05, 3.63) is 58.7 Å². The summed E-state index contributed by atoms with van der Waals surface area (Å²) in [7, 11) is 0. The Morgan fingerprint density at radius 3 is 2.61 bits per heavy atom. The number of allylic oxidation sites excluding steroid dienone is 2. The van der Waals surface area contributed by atoms with Crippen molar-refractivity contribution in [2.45, 2.75) is 58.3 Å². The van der Waals surface area contributed by atoms with Gasteiger partial charge in [-0.2, -0.15) is 14.9 Å². The van der Waals surface area contributed by atoms with Crippen LogP contribution < -0.4 is 0 Å². The molecule has 1 fully saturated rings. The van der Waals surface area contributed by atoms with Gasteiger partial charge < -0.3 is 9.72 Å². The van der Waals surface area contributed by atoms with Crippen LogP contribution in [-0.2, 0) is 20.7 Å². The van der Waals surface area contributed by atoms with Gasteiger partial charge in [0.05, 0.1) is 6.20 Å². The van der Waals surface area contributed by atoms with Crippen molar-refractivity contribution in [3.63, 3.8) is 0 Å². The third-order valence-corrected chi connectivity index (χ3v) is 6.46. The minimum Gasteiger partial charge on any atom is -0.381 e. The summed E-state index contributed by atoms with van der Waals surface area (Å²) in [5.74, 6) is 0.684. The molecule has 172 valence electrons. The fourth-order valence-corrected chi connectivity index (χ4v) is 4.43. The molecule has 7 nitrogen and oxygen atoms in total. The lowest BCUT2D eigenvalue weighted by Crippen LogP contribution is -2.16. The minimum absolute atomic E-state index is 0.0895. The molecular weight excluding hydrogens is 418 g/mol. The van der Waals surface area contributed by atoms with E-state index in [1.54, 1.807) is 0 Å². The van der Waals surface area contributed by atoms with Gasteiger partial charge in [0.15, 0.2) is 5.82 Å². The maximum atomic E-state index is 12.8. The first-order valence-corrected chi connectivity index (χ1v) is 11.2. The Kier molecular flexibility index (Phi) is 8.11. The van der Waals surface area contributed by atoms with Gasteiger partial charge in [0.25, 0.3) is 0 Å². The number of hydrogen-bond acceptors (Lipinski definition) is 6. The molecule has 2 aliphatic rings. The second-order valence-electron chi connectivity index (χ2n) is 9.34. The second kappa shape index (κ2) is 11.0. The Hall–Kier alpha value is -3.33. The molecule has 1 aliphatic carbocycles. The topological polar surface area (TPSA) is 113 Å². The first-order valence-electron chi connectivity index (χ1n) is 11.2. The Labute approximate surface area is 193 Å². The van der Waals surface area contributed by atoms with Crippen LogP contribution in [0.2, 0.25) is 0 Å². The summed E-state index contributed by atoms with van der Waals surface area (Å²) >= 11 is 0. The number of rotatable bonds is 5. The van der Waals surface area contributed by atoms with Crippen LogP contribution in [0.5, 0.6) is 0 Å². The van der Waals surface area contributed by atoms with Crippen molar-refractivity contribution in [2.75, 3.05) is 13.2 Å². The van der Waals surface area contributed by atoms with E-state index in [2.05, 4.69) is 48.1 Å². The van der Waals surface area contributed by atoms with Gasteiger partial charge in [-0.1, -0.05) is 38.1 Å². The Morgan fingerprint density at radius 1 is 1.27 bits per heavy atom. The van der Waals surface area contributed by atoms with Gasteiger partial charge >= 0.3 is 6.15 Å². The van der Waals surface area contributed by atoms with Crippen LogP contribution in [0.1, 0.15) is 84.9 Å². The van der Waals surface area contributed by atoms with Gasteiger partial charge in [-0.05, 0) is 65.7 Å². The summed E-state index contributed by atoms with van der Waals surface area (Å²) < 4.78 is 5.54. The van der Waals surface area contributed by atoms with Crippen molar-refractivity contribution < 1.29 is 19.1 Å². The highest BCUT2D eigenvalue weighted by molar-refractivity contribution is 5.95. The number of H-pyrrole nitrogens is 1. The standard InChI is InChI=1S/C25H29N3O2.CO2/c1-25(2)9-5-18(6-10-25)22-13-19(17-7-11-30-12-8-17)3-4-20(22)14-23(29)24-27-16-21(15-26)28-24;2-1-3/h3-5,13,16-17H,6-12,14H2,1-2H3,(H,27,28);. The van der Waals surface area contributed by atoms with Crippen LogP contribution in [0.25, 0.3) is 5.57 Å². The van der Waals surface area contributed by atoms with E-state index in [4.69, 9.17) is 19.6 Å². The smallest absolute Gasteiger partial charge is 0.373 e. The van der Waals surface area contributed by atoms with Crippen molar-refractivity contribution in [2.24, 2.45) is 5.41 Å². The zero-order valence-electron chi connectivity index (χ0n) is 19.1. The summed E-state index contributed by atoms with van der Waals surface area (Å²) in [5, 5.41) is 8.98. The van der Waals surface area contributed by atoms with Crippen LogP contribution in [0.4, 0.5) is 0 Å². The number of benzene rings is 1. The average Bonchev–Trinajstić information content (AvgIpc) is 3.30. The van der Waals surface area contributed by atoms with Crippen LogP contribution in [0, 0.1) is 16.7 Å². The highest BCUT2D eigenvalue weighted by atomic mass is 16.5. The molecule has 0 bridgehead atoms. The Morgan fingerprint density at radius 2 is 2.00 bits per heavy atom. The second-order valence-corrected chi connectivity index (χ2v) is 9.34. The van der Waals surface area contributed by atoms with E-state index >= 15 is 0 Å². The fourth-order valence-electron chi connectivity index (χ4n) is 4.43. The number of aromatic nitrogens is 2. The first-order chi connectivity index (χ1) is 15.9. The molecule has 2 heterocycles. The molecule has 0 atom stereocenters. The fraction of sp³-hybridized carbons (Fsp3) is 0.462. The van der Waals surface area contributed by atoms with Gasteiger partial charge in [-0.25, -0.2) is 4.98 Å². The van der Waals surface area contributed by atoms with E-state index in [1.807, 2.05) is 6.07 Å². The summed E-state index contributed by atoms with van der Waals surface area (Å²) in [5.41, 5.74) is 5.58. The number of ketones is 1. The van der Waals surface area contributed by atoms with E-state index in [0.717, 1.165) is 50.9 Å². The predicted molar refractivity (Wildman–Crippen MR) is 121 cm³/mol. The van der Waals surface area contributed by atoms with Gasteiger partial charge in [0.2, 0.25) is 5.78 Å². The number of Topliss-reactive ketones (excluding diaryl/α,β-unsaturated/α-hetero) is 1. The monoisotopic (exact) mass is 447 g/mol. The maximum Gasteiger partial charge on any atom is 0.373 e. The normalized spacial score (nSPS) is 17.7. The van der Waals surface area contributed by atoms with Crippen LogP contribution in [0.15, 0.2) is 30.5 Å². The predicted octanol–water partition coefficient (Wildman–Crippen LogP) is 4.61. The minimum atomic E-state index is -0.0895. The van der Waals surface area contributed by atoms with Crippen molar-refractivity contribution in [1.29, 1.82) is 5.26 Å². The van der Waals surface area contributed by atoms with Gasteiger partial charge in [0.1, 0.15) is 11.8 Å². The van der Waals surface area contributed by atoms with Crippen LogP contribution in [0.3, 0.4) is 0 Å². The van der Waals surface area contributed by atoms with E-state index in [9.17, 15) is 4.79 Å². The highest BCUT2D eigenvalue weighted by Gasteiger charge is 2.25. The lowest BCUT2D eigenvalue weighted by Gasteiger charge is -2.30. The van der Waals surface area contributed by atoms with E-state index in [0.29, 0.717) is 17.0 Å². The number of hydrogen-bond donors (Lipinski definition) is 1. The average molecular weight is 448 g/mol. The first kappa shape index (κ1) is 24.3.